The molecule has 0 saturated heterocycles. The minimum absolute atomic E-state index is 0.0461. The van der Waals surface area contributed by atoms with Crippen molar-refractivity contribution in [3.8, 4) is 12.3 Å². The minimum Gasteiger partial charge on any atom is -0.398 e. The van der Waals surface area contributed by atoms with Crippen LogP contribution in [0.25, 0.3) is 0 Å². The molecule has 7 heteroatoms. The third kappa shape index (κ3) is 2.61. The van der Waals surface area contributed by atoms with E-state index in [0.29, 0.717) is 0 Å². The Morgan fingerprint density at radius 1 is 1.50 bits per heavy atom. The second-order valence-electron chi connectivity index (χ2n) is 3.58. The molecule has 4 N–H and O–H groups in total. The van der Waals surface area contributed by atoms with Gasteiger partial charge in [-0.25, -0.2) is 8.42 Å². The zero-order chi connectivity index (χ0) is 13.9. The van der Waals surface area contributed by atoms with E-state index in [1.807, 2.05) is 0 Å². The Kier molecular flexibility index (Phi) is 3.96. The fourth-order valence-electron chi connectivity index (χ4n) is 1.32. The third-order valence-electron chi connectivity index (χ3n) is 2.30. The van der Waals surface area contributed by atoms with Crippen molar-refractivity contribution < 1.29 is 13.2 Å². The lowest BCUT2D eigenvalue weighted by atomic mass is 10.2. The Morgan fingerprint density at radius 3 is 2.56 bits per heavy atom. The van der Waals surface area contributed by atoms with E-state index in [0.717, 1.165) is 4.31 Å². The predicted octanol–water partition coefficient (Wildman–Crippen LogP) is -0.379. The number of carbonyl (C=O) groups excluding carboxylic acids is 1. The standard InChI is InChI=1S/C11H13N3O3S/c1-3-6-14(2)18(16,17)10-5-4-8(11(13)15)7-9(10)12/h1,4-5,7H,6,12H2,2H3,(H2,13,15). The van der Waals surface area contributed by atoms with Crippen LogP contribution in [0.5, 0.6) is 0 Å². The number of hydrogen-bond acceptors (Lipinski definition) is 4. The van der Waals surface area contributed by atoms with Crippen LogP contribution in [-0.2, 0) is 10.0 Å². The fourth-order valence-corrected chi connectivity index (χ4v) is 2.50. The molecule has 0 aromatic heterocycles. The van der Waals surface area contributed by atoms with E-state index in [-0.39, 0.29) is 22.7 Å². The molecule has 0 saturated carbocycles. The molecule has 96 valence electrons. The van der Waals surface area contributed by atoms with Gasteiger partial charge in [0.1, 0.15) is 4.90 Å². The van der Waals surface area contributed by atoms with E-state index in [4.69, 9.17) is 17.9 Å². The summed E-state index contributed by atoms with van der Waals surface area (Å²) in [7, 11) is -2.42. The number of benzene rings is 1. The van der Waals surface area contributed by atoms with Gasteiger partial charge in [-0.1, -0.05) is 5.92 Å². The number of anilines is 1. The van der Waals surface area contributed by atoms with Gasteiger partial charge in [0.2, 0.25) is 15.9 Å². The van der Waals surface area contributed by atoms with Crippen molar-refractivity contribution in [2.75, 3.05) is 19.3 Å². The number of carbonyl (C=O) groups is 1. The lowest BCUT2D eigenvalue weighted by Gasteiger charge is -2.16. The van der Waals surface area contributed by atoms with Crippen LogP contribution in [0.2, 0.25) is 0 Å². The topological polar surface area (TPSA) is 106 Å². The molecule has 0 bridgehead atoms. The largest absolute Gasteiger partial charge is 0.398 e. The first-order valence-corrected chi connectivity index (χ1v) is 6.34. The molecule has 0 atom stereocenters. The number of rotatable bonds is 4. The van der Waals surface area contributed by atoms with Gasteiger partial charge in [0.05, 0.1) is 12.2 Å². The lowest BCUT2D eigenvalue weighted by molar-refractivity contribution is 0.1000. The highest BCUT2D eigenvalue weighted by molar-refractivity contribution is 7.89. The van der Waals surface area contributed by atoms with Crippen molar-refractivity contribution in [1.82, 2.24) is 4.31 Å². The van der Waals surface area contributed by atoms with Gasteiger partial charge in [-0.2, -0.15) is 4.31 Å². The molecule has 0 radical (unpaired) electrons. The van der Waals surface area contributed by atoms with E-state index in [2.05, 4.69) is 5.92 Å². The Hall–Kier alpha value is -2.04. The van der Waals surface area contributed by atoms with Crippen LogP contribution in [0, 0.1) is 12.3 Å². The first-order chi connectivity index (χ1) is 8.30. The number of nitrogens with zero attached hydrogens (tertiary/aromatic N) is 1. The van der Waals surface area contributed by atoms with Crippen molar-refractivity contribution in [3.63, 3.8) is 0 Å². The van der Waals surface area contributed by atoms with Gasteiger partial charge >= 0.3 is 0 Å². The number of primary amides is 1. The first kappa shape index (κ1) is 14.0. The zero-order valence-electron chi connectivity index (χ0n) is 9.75. The molecule has 0 aliphatic rings. The average Bonchev–Trinajstić information content (AvgIpc) is 2.28. The SMILES string of the molecule is C#CCN(C)S(=O)(=O)c1ccc(C(N)=O)cc1N. The van der Waals surface area contributed by atoms with Gasteiger partial charge < -0.3 is 11.5 Å². The molecule has 1 amide bonds. The fraction of sp³-hybridized carbons (Fsp3) is 0.182. The molecule has 6 nitrogen and oxygen atoms in total. The first-order valence-electron chi connectivity index (χ1n) is 4.90. The average molecular weight is 267 g/mol. The summed E-state index contributed by atoms with van der Waals surface area (Å²) >= 11 is 0. The number of nitrogen functional groups attached to an aromatic ring is 1. The number of nitrogens with two attached hydrogens (primary N) is 2. The zero-order valence-corrected chi connectivity index (χ0v) is 10.6. The predicted molar refractivity (Wildman–Crippen MR) is 68.0 cm³/mol. The summed E-state index contributed by atoms with van der Waals surface area (Å²) in [5, 5.41) is 0. The van der Waals surface area contributed by atoms with Gasteiger partial charge in [-0.15, -0.1) is 6.42 Å². The van der Waals surface area contributed by atoms with Crippen molar-refractivity contribution in [1.29, 1.82) is 0 Å². The molecule has 1 aromatic rings. The number of terminal acetylenes is 1. The second-order valence-corrected chi connectivity index (χ2v) is 5.60. The van der Waals surface area contributed by atoms with Crippen molar-refractivity contribution in [2.24, 2.45) is 5.73 Å². The highest BCUT2D eigenvalue weighted by atomic mass is 32.2. The van der Waals surface area contributed by atoms with Crippen molar-refractivity contribution in [2.45, 2.75) is 4.90 Å². The summed E-state index contributed by atoms with van der Waals surface area (Å²) in [6, 6.07) is 3.76. The third-order valence-corrected chi connectivity index (χ3v) is 4.17. The highest BCUT2D eigenvalue weighted by Crippen LogP contribution is 2.22. The van der Waals surface area contributed by atoms with E-state index in [1.165, 1.54) is 25.2 Å². The van der Waals surface area contributed by atoms with Crippen LogP contribution < -0.4 is 11.5 Å². The summed E-state index contributed by atoms with van der Waals surface area (Å²) < 4.78 is 25.1. The summed E-state index contributed by atoms with van der Waals surface area (Å²) in [5.41, 5.74) is 10.8. The van der Waals surface area contributed by atoms with Gasteiger partial charge in [0.15, 0.2) is 0 Å². The van der Waals surface area contributed by atoms with Gasteiger partial charge in [-0.05, 0) is 18.2 Å². The molecule has 0 spiro atoms. The van der Waals surface area contributed by atoms with Crippen LogP contribution in [0.1, 0.15) is 10.4 Å². The number of amides is 1. The van der Waals surface area contributed by atoms with Crippen LogP contribution >= 0.6 is 0 Å². The minimum atomic E-state index is -3.76. The molecular weight excluding hydrogens is 254 g/mol. The van der Waals surface area contributed by atoms with E-state index < -0.39 is 15.9 Å². The maximum absolute atomic E-state index is 12.1. The van der Waals surface area contributed by atoms with Crippen molar-refractivity contribution >= 4 is 21.6 Å². The Morgan fingerprint density at radius 2 is 2.11 bits per heavy atom. The molecule has 0 fully saturated rings. The van der Waals surface area contributed by atoms with E-state index in [9.17, 15) is 13.2 Å². The van der Waals surface area contributed by atoms with Gasteiger partial charge in [-0.3, -0.25) is 4.79 Å². The Labute approximate surface area is 106 Å². The summed E-state index contributed by atoms with van der Waals surface area (Å²) in [4.78, 5) is 10.8. The maximum atomic E-state index is 12.1. The summed E-state index contributed by atoms with van der Waals surface area (Å²) in [6.45, 7) is -0.0701. The molecule has 0 heterocycles. The number of hydrogen-bond donors (Lipinski definition) is 2. The summed E-state index contributed by atoms with van der Waals surface area (Å²) in [6.07, 6.45) is 5.06. The smallest absolute Gasteiger partial charge is 0.248 e. The summed E-state index contributed by atoms with van der Waals surface area (Å²) in [5.74, 6) is 1.55. The van der Waals surface area contributed by atoms with Crippen LogP contribution in [0.3, 0.4) is 0 Å². The molecule has 1 rings (SSSR count). The van der Waals surface area contributed by atoms with Crippen molar-refractivity contribution in [3.05, 3.63) is 23.8 Å². The number of sulfonamides is 1. The van der Waals surface area contributed by atoms with Crippen LogP contribution in [-0.4, -0.2) is 32.2 Å². The molecule has 0 aliphatic heterocycles. The van der Waals surface area contributed by atoms with Gasteiger partial charge in [0.25, 0.3) is 0 Å². The highest BCUT2D eigenvalue weighted by Gasteiger charge is 2.23. The molecule has 0 aliphatic carbocycles. The van der Waals surface area contributed by atoms with Crippen LogP contribution in [0.15, 0.2) is 23.1 Å². The maximum Gasteiger partial charge on any atom is 0.248 e. The second kappa shape index (κ2) is 5.08. The Bertz CT molecular complexity index is 617. The quantitative estimate of drug-likeness (QED) is 0.573. The normalized spacial score (nSPS) is 11.2. The molecule has 18 heavy (non-hydrogen) atoms. The Balaban J connectivity index is 3.27. The van der Waals surface area contributed by atoms with E-state index in [1.54, 1.807) is 0 Å². The van der Waals surface area contributed by atoms with Crippen LogP contribution in [0.4, 0.5) is 5.69 Å². The van der Waals surface area contributed by atoms with Gasteiger partial charge in [0, 0.05) is 12.6 Å². The molecule has 0 unspecified atom stereocenters. The lowest BCUT2D eigenvalue weighted by Crippen LogP contribution is -2.28. The monoisotopic (exact) mass is 267 g/mol. The molecule has 1 aromatic carbocycles. The molecular formula is C11H13N3O3S. The van der Waals surface area contributed by atoms with E-state index >= 15 is 0 Å².